The Hall–Kier alpha value is -4.76. The number of hydrogen-bond donors (Lipinski definition) is 3. The van der Waals surface area contributed by atoms with Crippen LogP contribution in [0.4, 0.5) is 5.69 Å². The minimum atomic E-state index is -1.15. The molecule has 5 rings (SSSR count). The Kier molecular flexibility index (Phi) is 9.25. The number of aliphatic carboxylic acids is 1. The van der Waals surface area contributed by atoms with E-state index in [1.165, 1.54) is 35.4 Å². The molecule has 2 heterocycles. The molecular formula is C35H38N4O5. The molecule has 3 aromatic rings. The van der Waals surface area contributed by atoms with Crippen molar-refractivity contribution in [1.82, 2.24) is 15.5 Å². The lowest BCUT2D eigenvalue weighted by Gasteiger charge is -2.43. The number of piperidine rings is 1. The van der Waals surface area contributed by atoms with Crippen LogP contribution in [0.25, 0.3) is 0 Å². The Labute approximate surface area is 257 Å². The molecule has 228 valence electrons. The summed E-state index contributed by atoms with van der Waals surface area (Å²) in [6.45, 7) is 6.56. The number of amides is 1. The number of allylic oxidation sites excluding steroid dienone is 2. The number of dihydropyridines is 1. The van der Waals surface area contributed by atoms with Crippen LogP contribution in [-0.4, -0.2) is 53.0 Å². The summed E-state index contributed by atoms with van der Waals surface area (Å²) in [6.07, 6.45) is 2.76. The van der Waals surface area contributed by atoms with Gasteiger partial charge in [0.2, 0.25) is 5.91 Å². The number of carboxylic acids is 1. The molecule has 0 spiro atoms. The van der Waals surface area contributed by atoms with Crippen LogP contribution in [-0.2, 0) is 15.0 Å². The third-order valence-electron chi connectivity index (χ3n) is 8.97. The first-order chi connectivity index (χ1) is 21.2. The van der Waals surface area contributed by atoms with Crippen molar-refractivity contribution in [3.63, 3.8) is 0 Å². The van der Waals surface area contributed by atoms with Crippen molar-refractivity contribution in [2.24, 2.45) is 0 Å². The van der Waals surface area contributed by atoms with Crippen LogP contribution in [0.1, 0.15) is 55.7 Å². The third kappa shape index (κ3) is 6.28. The Morgan fingerprint density at radius 2 is 1.45 bits per heavy atom. The van der Waals surface area contributed by atoms with Crippen molar-refractivity contribution in [3.8, 4) is 0 Å². The van der Waals surface area contributed by atoms with Gasteiger partial charge in [0, 0.05) is 41.1 Å². The van der Waals surface area contributed by atoms with Crippen molar-refractivity contribution in [2.45, 2.75) is 44.4 Å². The topological polar surface area (TPSA) is 125 Å². The van der Waals surface area contributed by atoms with E-state index in [9.17, 15) is 24.8 Å². The largest absolute Gasteiger partial charge is 0.478 e. The normalized spacial score (nSPS) is 18.5. The number of carbonyl (C=O) groups is 2. The second-order valence-corrected chi connectivity index (χ2v) is 11.6. The van der Waals surface area contributed by atoms with Gasteiger partial charge in [-0.1, -0.05) is 72.8 Å². The molecular weight excluding hydrogens is 556 g/mol. The number of nitrogens with one attached hydrogen (secondary N) is 2. The predicted octanol–water partition coefficient (Wildman–Crippen LogP) is 5.50. The minimum absolute atomic E-state index is 0.0222. The molecule has 1 saturated heterocycles. The van der Waals surface area contributed by atoms with Crippen molar-refractivity contribution in [1.29, 1.82) is 0 Å². The van der Waals surface area contributed by atoms with Crippen molar-refractivity contribution in [3.05, 3.63) is 134 Å². The zero-order chi connectivity index (χ0) is 31.3. The van der Waals surface area contributed by atoms with Gasteiger partial charge in [-0.25, -0.2) is 4.79 Å². The van der Waals surface area contributed by atoms with E-state index in [0.717, 1.165) is 38.9 Å². The van der Waals surface area contributed by atoms with Crippen LogP contribution < -0.4 is 10.6 Å². The van der Waals surface area contributed by atoms with E-state index in [1.807, 2.05) is 0 Å². The van der Waals surface area contributed by atoms with E-state index < -0.39 is 16.8 Å². The lowest BCUT2D eigenvalue weighted by Crippen LogP contribution is -2.44. The smallest absolute Gasteiger partial charge is 0.334 e. The van der Waals surface area contributed by atoms with Gasteiger partial charge >= 0.3 is 5.97 Å². The summed E-state index contributed by atoms with van der Waals surface area (Å²) in [7, 11) is 0. The molecule has 0 saturated carbocycles. The Balaban J connectivity index is 1.23. The lowest BCUT2D eigenvalue weighted by molar-refractivity contribution is -0.384. The number of hydrogen-bond acceptors (Lipinski definition) is 6. The Morgan fingerprint density at radius 3 is 1.98 bits per heavy atom. The van der Waals surface area contributed by atoms with Crippen LogP contribution in [0, 0.1) is 10.1 Å². The SMILES string of the molecule is CC1=C(C(=O)O)C(c2ccc([N+](=O)[O-])cc2)C(C(=O)NCCCN2CCC(c3ccccc3)(c3ccccc3)CC2)=C(C)N1. The summed E-state index contributed by atoms with van der Waals surface area (Å²) in [6, 6.07) is 27.2. The highest BCUT2D eigenvalue weighted by Crippen LogP contribution is 2.42. The second kappa shape index (κ2) is 13.3. The summed E-state index contributed by atoms with van der Waals surface area (Å²) in [5.41, 5.74) is 4.40. The molecule has 0 aliphatic carbocycles. The van der Waals surface area contributed by atoms with Gasteiger partial charge in [0.25, 0.3) is 5.69 Å². The molecule has 3 N–H and O–H groups in total. The maximum absolute atomic E-state index is 13.5. The summed E-state index contributed by atoms with van der Waals surface area (Å²) in [5, 5.41) is 27.3. The van der Waals surface area contributed by atoms with E-state index >= 15 is 0 Å². The van der Waals surface area contributed by atoms with Crippen LogP contribution in [0.2, 0.25) is 0 Å². The molecule has 2 aliphatic rings. The average molecular weight is 595 g/mol. The maximum Gasteiger partial charge on any atom is 0.334 e. The van der Waals surface area contributed by atoms with E-state index in [-0.39, 0.29) is 22.6 Å². The summed E-state index contributed by atoms with van der Waals surface area (Å²) < 4.78 is 0. The predicted molar refractivity (Wildman–Crippen MR) is 169 cm³/mol. The van der Waals surface area contributed by atoms with Gasteiger partial charge in [0.15, 0.2) is 0 Å². The van der Waals surface area contributed by atoms with Crippen LogP contribution in [0.15, 0.2) is 107 Å². The lowest BCUT2D eigenvalue weighted by atomic mass is 9.68. The number of nitrogens with zero attached hydrogens (tertiary/aromatic N) is 2. The Bertz CT molecular complexity index is 1530. The zero-order valence-corrected chi connectivity index (χ0v) is 25.1. The molecule has 9 heteroatoms. The first kappa shape index (κ1) is 30.7. The number of likely N-dealkylation sites (tertiary alicyclic amines) is 1. The maximum atomic E-state index is 13.5. The van der Waals surface area contributed by atoms with Crippen LogP contribution >= 0.6 is 0 Å². The number of carboxylic acid groups (broad SMARTS) is 1. The highest BCUT2D eigenvalue weighted by molar-refractivity contribution is 6.01. The quantitative estimate of drug-likeness (QED) is 0.161. The van der Waals surface area contributed by atoms with Gasteiger partial charge < -0.3 is 20.6 Å². The first-order valence-corrected chi connectivity index (χ1v) is 15.0. The van der Waals surface area contributed by atoms with Gasteiger partial charge in [-0.3, -0.25) is 14.9 Å². The summed E-state index contributed by atoms with van der Waals surface area (Å²) >= 11 is 0. The van der Waals surface area contributed by atoms with Crippen molar-refractivity contribution >= 4 is 17.6 Å². The van der Waals surface area contributed by atoms with Crippen LogP contribution in [0.3, 0.4) is 0 Å². The fourth-order valence-corrected chi connectivity index (χ4v) is 6.72. The second-order valence-electron chi connectivity index (χ2n) is 11.6. The van der Waals surface area contributed by atoms with Crippen LogP contribution in [0.5, 0.6) is 0 Å². The molecule has 2 aliphatic heterocycles. The highest BCUT2D eigenvalue weighted by atomic mass is 16.6. The van der Waals surface area contributed by atoms with Crippen molar-refractivity contribution in [2.75, 3.05) is 26.2 Å². The van der Waals surface area contributed by atoms with Gasteiger partial charge in [-0.15, -0.1) is 0 Å². The average Bonchev–Trinajstić information content (AvgIpc) is 3.03. The highest BCUT2D eigenvalue weighted by Gasteiger charge is 2.38. The molecule has 1 unspecified atom stereocenters. The van der Waals surface area contributed by atoms with E-state index in [2.05, 4.69) is 76.2 Å². The third-order valence-corrected chi connectivity index (χ3v) is 8.97. The number of nitro groups is 1. The number of non-ortho nitro benzene ring substituents is 1. The fourth-order valence-electron chi connectivity index (χ4n) is 6.72. The molecule has 0 radical (unpaired) electrons. The molecule has 9 nitrogen and oxygen atoms in total. The Morgan fingerprint density at radius 1 is 0.909 bits per heavy atom. The molecule has 1 fully saturated rings. The zero-order valence-electron chi connectivity index (χ0n) is 25.1. The number of carbonyl (C=O) groups excluding carboxylic acids is 1. The molecule has 1 amide bonds. The molecule has 0 aromatic heterocycles. The van der Waals surface area contributed by atoms with Gasteiger partial charge in [0.1, 0.15) is 0 Å². The van der Waals surface area contributed by atoms with E-state index in [4.69, 9.17) is 0 Å². The van der Waals surface area contributed by atoms with Crippen molar-refractivity contribution < 1.29 is 19.6 Å². The summed E-state index contributed by atoms with van der Waals surface area (Å²) in [5.74, 6) is -2.36. The summed E-state index contributed by atoms with van der Waals surface area (Å²) in [4.78, 5) is 39.0. The molecule has 1 atom stereocenters. The van der Waals surface area contributed by atoms with Gasteiger partial charge in [0.05, 0.1) is 16.4 Å². The monoisotopic (exact) mass is 594 g/mol. The molecule has 3 aromatic carbocycles. The molecule has 44 heavy (non-hydrogen) atoms. The minimum Gasteiger partial charge on any atom is -0.478 e. The standard InChI is InChI=1S/C35H38N4O5/c1-24-30(32(31(34(41)42)25(2)37-24)26-14-16-29(17-15-26)39(43)44)33(40)36-20-9-21-38-22-18-35(19-23-38,27-10-5-3-6-11-27)28-12-7-4-8-13-28/h3-8,10-17,32,37H,9,18-23H2,1-2H3,(H,36,40)(H,41,42). The van der Waals surface area contributed by atoms with Gasteiger partial charge in [-0.05, 0) is 69.4 Å². The number of nitro benzene ring substituents is 1. The number of benzene rings is 3. The molecule has 0 bridgehead atoms. The van der Waals surface area contributed by atoms with E-state index in [1.54, 1.807) is 13.8 Å². The van der Waals surface area contributed by atoms with E-state index in [0.29, 0.717) is 29.1 Å². The number of rotatable bonds is 10. The first-order valence-electron chi connectivity index (χ1n) is 15.0. The van der Waals surface area contributed by atoms with Gasteiger partial charge in [-0.2, -0.15) is 0 Å². The fraction of sp³-hybridized carbons (Fsp3) is 0.314.